The number of hydrogen-bond donors (Lipinski definition) is 1. The van der Waals surface area contributed by atoms with Crippen LogP contribution in [-0.4, -0.2) is 0 Å². The van der Waals surface area contributed by atoms with Crippen molar-refractivity contribution in [1.82, 2.24) is 0 Å². The molecule has 1 atom stereocenters. The second-order valence-electron chi connectivity index (χ2n) is 4.21. The van der Waals surface area contributed by atoms with Gasteiger partial charge in [0.1, 0.15) is 11.6 Å². The van der Waals surface area contributed by atoms with Gasteiger partial charge in [-0.1, -0.05) is 39.7 Å². The van der Waals surface area contributed by atoms with E-state index in [0.717, 1.165) is 16.1 Å². The number of nitrogens with two attached hydrogens (primary N) is 1. The minimum atomic E-state index is -0.600. The van der Waals surface area contributed by atoms with Crippen LogP contribution in [-0.2, 0) is 6.42 Å². The summed E-state index contributed by atoms with van der Waals surface area (Å²) in [6.45, 7) is 0. The van der Waals surface area contributed by atoms with Gasteiger partial charge in [0.15, 0.2) is 0 Å². The molecule has 1 nitrogen and oxygen atoms in total. The van der Waals surface area contributed by atoms with Crippen LogP contribution >= 0.6 is 27.5 Å². The molecular formula is C14H11BrClF2N. The highest BCUT2D eigenvalue weighted by molar-refractivity contribution is 9.10. The summed E-state index contributed by atoms with van der Waals surface area (Å²) in [4.78, 5) is 0. The van der Waals surface area contributed by atoms with Gasteiger partial charge < -0.3 is 5.73 Å². The third kappa shape index (κ3) is 3.53. The fourth-order valence-corrected chi connectivity index (χ4v) is 2.65. The highest BCUT2D eigenvalue weighted by Gasteiger charge is 2.14. The lowest BCUT2D eigenvalue weighted by Crippen LogP contribution is -2.14. The van der Waals surface area contributed by atoms with E-state index in [2.05, 4.69) is 15.9 Å². The van der Waals surface area contributed by atoms with Gasteiger partial charge in [0.2, 0.25) is 0 Å². The lowest BCUT2D eigenvalue weighted by Gasteiger charge is -2.14. The Bertz CT molecular complexity index is 604. The lowest BCUT2D eigenvalue weighted by molar-refractivity contribution is 0.563. The van der Waals surface area contributed by atoms with E-state index < -0.39 is 17.7 Å². The molecule has 0 aliphatic carbocycles. The van der Waals surface area contributed by atoms with E-state index in [1.807, 2.05) is 6.07 Å². The molecular weight excluding hydrogens is 336 g/mol. The summed E-state index contributed by atoms with van der Waals surface area (Å²) >= 11 is 9.40. The first-order chi connectivity index (χ1) is 8.97. The largest absolute Gasteiger partial charge is 0.324 e. The van der Waals surface area contributed by atoms with Crippen molar-refractivity contribution >= 4 is 27.5 Å². The predicted octanol–water partition coefficient (Wildman–Crippen LogP) is 4.62. The lowest BCUT2D eigenvalue weighted by atomic mass is 9.99. The minimum absolute atomic E-state index is 0.257. The van der Waals surface area contributed by atoms with E-state index in [0.29, 0.717) is 10.6 Å². The first kappa shape index (κ1) is 14.4. The molecule has 2 aromatic carbocycles. The molecule has 5 heteroatoms. The average molecular weight is 347 g/mol. The van der Waals surface area contributed by atoms with Crippen LogP contribution in [0.2, 0.25) is 5.02 Å². The van der Waals surface area contributed by atoms with Crippen molar-refractivity contribution in [2.24, 2.45) is 5.73 Å². The SMILES string of the molecule is NC(Cc1ccc(F)cc1F)c1ccc(Br)cc1Cl. The normalized spacial score (nSPS) is 12.5. The van der Waals surface area contributed by atoms with Crippen molar-refractivity contribution in [2.75, 3.05) is 0 Å². The molecule has 0 aromatic heterocycles. The fraction of sp³-hybridized carbons (Fsp3) is 0.143. The highest BCUT2D eigenvalue weighted by Crippen LogP contribution is 2.27. The second kappa shape index (κ2) is 5.99. The zero-order valence-corrected chi connectivity index (χ0v) is 12.2. The molecule has 0 saturated carbocycles. The maximum absolute atomic E-state index is 13.6. The van der Waals surface area contributed by atoms with Crippen LogP contribution in [0, 0.1) is 11.6 Å². The summed E-state index contributed by atoms with van der Waals surface area (Å²) in [5.41, 5.74) is 7.12. The molecule has 0 saturated heterocycles. The molecule has 0 aliphatic heterocycles. The Labute approximate surface area is 123 Å². The smallest absolute Gasteiger partial charge is 0.129 e. The van der Waals surface area contributed by atoms with Crippen LogP contribution < -0.4 is 5.73 Å². The van der Waals surface area contributed by atoms with Crippen LogP contribution in [0.4, 0.5) is 8.78 Å². The number of benzene rings is 2. The molecule has 19 heavy (non-hydrogen) atoms. The van der Waals surface area contributed by atoms with Crippen molar-refractivity contribution in [2.45, 2.75) is 12.5 Å². The first-order valence-electron chi connectivity index (χ1n) is 5.62. The summed E-state index contributed by atoms with van der Waals surface area (Å²) in [7, 11) is 0. The molecule has 0 radical (unpaired) electrons. The van der Waals surface area contributed by atoms with Gasteiger partial charge in [0, 0.05) is 21.6 Å². The maximum atomic E-state index is 13.6. The van der Waals surface area contributed by atoms with E-state index in [-0.39, 0.29) is 6.42 Å². The molecule has 0 amide bonds. The Kier molecular flexibility index (Phi) is 4.55. The average Bonchev–Trinajstić information content (AvgIpc) is 2.32. The van der Waals surface area contributed by atoms with Crippen molar-refractivity contribution in [3.05, 3.63) is 68.7 Å². The summed E-state index contributed by atoms with van der Waals surface area (Å²) in [5, 5.41) is 0.518. The van der Waals surface area contributed by atoms with Crippen LogP contribution in [0.1, 0.15) is 17.2 Å². The molecule has 2 rings (SSSR count). The summed E-state index contributed by atoms with van der Waals surface area (Å²) in [6, 6.07) is 8.37. The van der Waals surface area contributed by atoms with Gasteiger partial charge in [-0.2, -0.15) is 0 Å². The van der Waals surface area contributed by atoms with Crippen LogP contribution in [0.15, 0.2) is 40.9 Å². The second-order valence-corrected chi connectivity index (χ2v) is 5.54. The molecule has 2 N–H and O–H groups in total. The van der Waals surface area contributed by atoms with Gasteiger partial charge in [-0.3, -0.25) is 0 Å². The van der Waals surface area contributed by atoms with Crippen molar-refractivity contribution in [3.8, 4) is 0 Å². The van der Waals surface area contributed by atoms with Crippen LogP contribution in [0.3, 0.4) is 0 Å². The van der Waals surface area contributed by atoms with E-state index in [4.69, 9.17) is 17.3 Å². The van der Waals surface area contributed by atoms with Gasteiger partial charge in [0.05, 0.1) is 0 Å². The first-order valence-corrected chi connectivity index (χ1v) is 6.79. The topological polar surface area (TPSA) is 26.0 Å². The summed E-state index contributed by atoms with van der Waals surface area (Å²) < 4.78 is 27.2. The monoisotopic (exact) mass is 345 g/mol. The molecule has 0 heterocycles. The number of rotatable bonds is 3. The van der Waals surface area contributed by atoms with Crippen LogP contribution in [0.5, 0.6) is 0 Å². The molecule has 1 unspecified atom stereocenters. The molecule has 0 spiro atoms. The maximum Gasteiger partial charge on any atom is 0.129 e. The van der Waals surface area contributed by atoms with Gasteiger partial charge in [-0.15, -0.1) is 0 Å². The van der Waals surface area contributed by atoms with E-state index in [1.165, 1.54) is 12.1 Å². The summed E-state index contributed by atoms with van der Waals surface area (Å²) in [6.07, 6.45) is 0.257. The van der Waals surface area contributed by atoms with E-state index >= 15 is 0 Å². The standard InChI is InChI=1S/C14H11BrClF2N/c15-9-2-4-11(12(16)6-9)14(19)5-8-1-3-10(17)7-13(8)18/h1-4,6-7,14H,5,19H2. The predicted molar refractivity (Wildman–Crippen MR) is 76.1 cm³/mol. The van der Waals surface area contributed by atoms with Crippen LogP contribution in [0.25, 0.3) is 0 Å². The highest BCUT2D eigenvalue weighted by atomic mass is 79.9. The van der Waals surface area contributed by atoms with Crippen molar-refractivity contribution < 1.29 is 8.78 Å². The van der Waals surface area contributed by atoms with Gasteiger partial charge in [0.25, 0.3) is 0 Å². The Hall–Kier alpha value is -0.970. The van der Waals surface area contributed by atoms with Gasteiger partial charge in [-0.05, 0) is 35.7 Å². The molecule has 100 valence electrons. The number of hydrogen-bond acceptors (Lipinski definition) is 1. The Morgan fingerprint density at radius 3 is 2.53 bits per heavy atom. The Balaban J connectivity index is 2.23. The quantitative estimate of drug-likeness (QED) is 0.862. The zero-order valence-electron chi connectivity index (χ0n) is 9.84. The number of halogens is 4. The molecule has 0 aliphatic rings. The Morgan fingerprint density at radius 1 is 1.16 bits per heavy atom. The van der Waals surface area contributed by atoms with Gasteiger partial charge in [-0.25, -0.2) is 8.78 Å². The van der Waals surface area contributed by atoms with Gasteiger partial charge >= 0.3 is 0 Å². The summed E-state index contributed by atoms with van der Waals surface area (Å²) in [5.74, 6) is -1.19. The zero-order chi connectivity index (χ0) is 14.0. The fourth-order valence-electron chi connectivity index (χ4n) is 1.84. The molecule has 0 fully saturated rings. The molecule has 2 aromatic rings. The van der Waals surface area contributed by atoms with E-state index in [1.54, 1.807) is 12.1 Å². The minimum Gasteiger partial charge on any atom is -0.324 e. The van der Waals surface area contributed by atoms with Crippen molar-refractivity contribution in [1.29, 1.82) is 0 Å². The van der Waals surface area contributed by atoms with Crippen molar-refractivity contribution in [3.63, 3.8) is 0 Å². The van der Waals surface area contributed by atoms with E-state index in [9.17, 15) is 8.78 Å². The third-order valence-corrected chi connectivity index (χ3v) is 3.64. The third-order valence-electron chi connectivity index (χ3n) is 2.82. The Morgan fingerprint density at radius 2 is 1.89 bits per heavy atom. The molecule has 0 bridgehead atoms.